The van der Waals surface area contributed by atoms with Crippen LogP contribution in [0, 0.1) is 20.8 Å². The van der Waals surface area contributed by atoms with Gasteiger partial charge in [-0.1, -0.05) is 35.9 Å². The quantitative estimate of drug-likeness (QED) is 0.515. The van der Waals surface area contributed by atoms with Gasteiger partial charge in [-0.05, 0) is 38.5 Å². The van der Waals surface area contributed by atoms with Crippen molar-refractivity contribution in [1.29, 1.82) is 0 Å². The summed E-state index contributed by atoms with van der Waals surface area (Å²) in [6.07, 6.45) is 1.73. The SMILES string of the molecule is Cc1ccc(-n2nc(C)c(C(=O)NNC(=O)c3cn(C)c4ccccc34)n2)c(C)c1. The van der Waals surface area contributed by atoms with Crippen molar-refractivity contribution < 1.29 is 9.59 Å². The molecule has 8 nitrogen and oxygen atoms in total. The summed E-state index contributed by atoms with van der Waals surface area (Å²) in [4.78, 5) is 26.7. The zero-order valence-corrected chi connectivity index (χ0v) is 17.2. The van der Waals surface area contributed by atoms with Crippen LogP contribution in [0.3, 0.4) is 0 Å². The molecule has 0 atom stereocenters. The molecule has 0 radical (unpaired) electrons. The second kappa shape index (κ2) is 7.47. The highest BCUT2D eigenvalue weighted by Gasteiger charge is 2.19. The first-order valence-electron chi connectivity index (χ1n) is 9.51. The predicted octanol–water partition coefficient (Wildman–Crippen LogP) is 2.76. The lowest BCUT2D eigenvalue weighted by molar-refractivity contribution is 0.0844. The molecule has 0 aliphatic heterocycles. The van der Waals surface area contributed by atoms with Gasteiger partial charge in [-0.15, -0.1) is 5.10 Å². The lowest BCUT2D eigenvalue weighted by Gasteiger charge is -2.06. The fraction of sp³-hybridized carbons (Fsp3) is 0.182. The number of nitrogens with zero attached hydrogens (tertiary/aromatic N) is 4. The van der Waals surface area contributed by atoms with E-state index in [0.717, 1.165) is 27.7 Å². The highest BCUT2D eigenvalue weighted by molar-refractivity contribution is 6.07. The highest BCUT2D eigenvalue weighted by Crippen LogP contribution is 2.20. The van der Waals surface area contributed by atoms with Crippen LogP contribution in [0.4, 0.5) is 0 Å². The number of amides is 2. The Labute approximate surface area is 173 Å². The lowest BCUT2D eigenvalue weighted by Crippen LogP contribution is -2.42. The fourth-order valence-electron chi connectivity index (χ4n) is 3.49. The Kier molecular flexibility index (Phi) is 4.83. The van der Waals surface area contributed by atoms with E-state index in [4.69, 9.17) is 0 Å². The monoisotopic (exact) mass is 402 g/mol. The number of benzene rings is 2. The standard InChI is InChI=1S/C22H22N6O2/c1-13-9-10-18(14(2)11-13)28-25-15(3)20(26-28)22(30)24-23-21(29)17-12-27(4)19-8-6-5-7-16(17)19/h5-12H,1-4H3,(H,23,29)(H,24,30). The molecular formula is C22H22N6O2. The van der Waals surface area contributed by atoms with Crippen molar-refractivity contribution in [3.63, 3.8) is 0 Å². The molecule has 0 bridgehead atoms. The molecule has 0 saturated heterocycles. The number of hydrogen-bond donors (Lipinski definition) is 2. The van der Waals surface area contributed by atoms with E-state index >= 15 is 0 Å². The maximum absolute atomic E-state index is 12.6. The van der Waals surface area contributed by atoms with Gasteiger partial charge in [-0.25, -0.2) is 0 Å². The summed E-state index contributed by atoms with van der Waals surface area (Å²) < 4.78 is 1.87. The van der Waals surface area contributed by atoms with Gasteiger partial charge in [0.1, 0.15) is 0 Å². The molecule has 8 heteroatoms. The van der Waals surface area contributed by atoms with Gasteiger partial charge in [0.2, 0.25) is 0 Å². The summed E-state index contributed by atoms with van der Waals surface area (Å²) in [5, 5.41) is 9.47. The second-order valence-corrected chi connectivity index (χ2v) is 7.29. The normalized spacial score (nSPS) is 10.9. The van der Waals surface area contributed by atoms with E-state index in [1.807, 2.05) is 67.9 Å². The molecular weight excluding hydrogens is 380 g/mol. The number of rotatable bonds is 3. The van der Waals surface area contributed by atoms with Gasteiger partial charge in [0.25, 0.3) is 11.8 Å². The summed E-state index contributed by atoms with van der Waals surface area (Å²) in [5.41, 5.74) is 9.85. The van der Waals surface area contributed by atoms with Gasteiger partial charge >= 0.3 is 0 Å². The fourth-order valence-corrected chi connectivity index (χ4v) is 3.49. The molecule has 0 unspecified atom stereocenters. The molecule has 0 spiro atoms. The van der Waals surface area contributed by atoms with Crippen LogP contribution in [0.25, 0.3) is 16.6 Å². The minimum absolute atomic E-state index is 0.146. The Morgan fingerprint density at radius 1 is 0.933 bits per heavy atom. The first-order chi connectivity index (χ1) is 14.3. The minimum atomic E-state index is -0.530. The summed E-state index contributed by atoms with van der Waals surface area (Å²) in [6.45, 7) is 5.68. The topological polar surface area (TPSA) is 93.8 Å². The van der Waals surface area contributed by atoms with Gasteiger partial charge in [-0.3, -0.25) is 20.4 Å². The summed E-state index contributed by atoms with van der Waals surface area (Å²) in [6, 6.07) is 13.5. The van der Waals surface area contributed by atoms with Crippen LogP contribution in [0.1, 0.15) is 37.7 Å². The van der Waals surface area contributed by atoms with Crippen molar-refractivity contribution >= 4 is 22.7 Å². The maximum atomic E-state index is 12.6. The zero-order valence-electron chi connectivity index (χ0n) is 17.2. The van der Waals surface area contributed by atoms with E-state index in [1.54, 1.807) is 13.1 Å². The Hall–Kier alpha value is -3.94. The summed E-state index contributed by atoms with van der Waals surface area (Å²) in [7, 11) is 1.87. The van der Waals surface area contributed by atoms with Gasteiger partial charge in [-0.2, -0.15) is 9.90 Å². The molecule has 2 aromatic carbocycles. The number of aryl methyl sites for hydroxylation is 4. The predicted molar refractivity (Wildman–Crippen MR) is 113 cm³/mol. The van der Waals surface area contributed by atoms with E-state index in [0.29, 0.717) is 11.3 Å². The average Bonchev–Trinajstić information content (AvgIpc) is 3.26. The maximum Gasteiger partial charge on any atom is 0.292 e. The number of aromatic nitrogens is 4. The Bertz CT molecular complexity index is 1280. The molecule has 2 aromatic heterocycles. The molecule has 0 fully saturated rings. The summed E-state index contributed by atoms with van der Waals surface area (Å²) in [5.74, 6) is -0.934. The molecule has 2 heterocycles. The zero-order chi connectivity index (χ0) is 21.4. The smallest absolute Gasteiger partial charge is 0.292 e. The van der Waals surface area contributed by atoms with Crippen molar-refractivity contribution in [2.24, 2.45) is 7.05 Å². The largest absolute Gasteiger partial charge is 0.350 e. The molecule has 4 rings (SSSR count). The number of hydrogen-bond acceptors (Lipinski definition) is 4. The molecule has 0 aliphatic rings. The Balaban J connectivity index is 1.52. The molecule has 0 saturated carbocycles. The van der Waals surface area contributed by atoms with Crippen LogP contribution < -0.4 is 10.9 Å². The first-order valence-corrected chi connectivity index (χ1v) is 9.51. The van der Waals surface area contributed by atoms with Crippen molar-refractivity contribution in [3.8, 4) is 5.69 Å². The van der Waals surface area contributed by atoms with E-state index < -0.39 is 11.8 Å². The molecule has 2 N–H and O–H groups in total. The molecule has 2 amide bonds. The van der Waals surface area contributed by atoms with Crippen molar-refractivity contribution in [2.75, 3.05) is 0 Å². The van der Waals surface area contributed by atoms with Crippen LogP contribution >= 0.6 is 0 Å². The Morgan fingerprint density at radius 3 is 2.43 bits per heavy atom. The number of carbonyl (C=O) groups excluding carboxylic acids is 2. The highest BCUT2D eigenvalue weighted by atomic mass is 16.2. The van der Waals surface area contributed by atoms with Crippen LogP contribution in [0.2, 0.25) is 0 Å². The molecule has 152 valence electrons. The minimum Gasteiger partial charge on any atom is -0.350 e. The van der Waals surface area contributed by atoms with Crippen LogP contribution in [0.5, 0.6) is 0 Å². The molecule has 0 aliphatic carbocycles. The van der Waals surface area contributed by atoms with E-state index in [2.05, 4.69) is 21.0 Å². The van der Waals surface area contributed by atoms with Gasteiger partial charge in [0.15, 0.2) is 5.69 Å². The van der Waals surface area contributed by atoms with Crippen LogP contribution in [-0.2, 0) is 7.05 Å². The third-order valence-electron chi connectivity index (χ3n) is 5.00. The van der Waals surface area contributed by atoms with Crippen LogP contribution in [0.15, 0.2) is 48.7 Å². The third-order valence-corrected chi connectivity index (χ3v) is 5.00. The van der Waals surface area contributed by atoms with Gasteiger partial charge < -0.3 is 4.57 Å². The Morgan fingerprint density at radius 2 is 1.67 bits per heavy atom. The van der Waals surface area contributed by atoms with Gasteiger partial charge in [0, 0.05) is 24.1 Å². The molecule has 30 heavy (non-hydrogen) atoms. The number of fused-ring (bicyclic) bond motifs is 1. The van der Waals surface area contributed by atoms with Crippen LogP contribution in [-0.4, -0.2) is 31.4 Å². The van der Waals surface area contributed by atoms with E-state index in [-0.39, 0.29) is 5.69 Å². The van der Waals surface area contributed by atoms with Crippen molar-refractivity contribution in [1.82, 2.24) is 30.4 Å². The molecule has 4 aromatic rings. The van der Waals surface area contributed by atoms with Crippen molar-refractivity contribution in [3.05, 3.63) is 76.7 Å². The number of carbonyl (C=O) groups is 2. The average molecular weight is 402 g/mol. The lowest BCUT2D eigenvalue weighted by atomic mass is 10.1. The van der Waals surface area contributed by atoms with E-state index in [9.17, 15) is 9.59 Å². The number of para-hydroxylation sites is 1. The third kappa shape index (κ3) is 3.43. The second-order valence-electron chi connectivity index (χ2n) is 7.29. The van der Waals surface area contributed by atoms with Crippen molar-refractivity contribution in [2.45, 2.75) is 20.8 Å². The van der Waals surface area contributed by atoms with Gasteiger partial charge in [0.05, 0.1) is 16.9 Å². The van der Waals surface area contributed by atoms with E-state index in [1.165, 1.54) is 4.80 Å². The summed E-state index contributed by atoms with van der Waals surface area (Å²) >= 11 is 0. The number of hydrazine groups is 1. The first kappa shape index (κ1) is 19.4. The number of nitrogens with one attached hydrogen (secondary N) is 2.